The molecule has 6 heteroatoms. The molecule has 0 atom stereocenters. The maximum absolute atomic E-state index is 13.6. The van der Waals surface area contributed by atoms with Crippen LogP contribution in [0.4, 0.5) is 8.78 Å². The fourth-order valence-corrected chi connectivity index (χ4v) is 1.54. The molecular formula is C12H7F2NO3. The number of halogens is 2. The largest absolute Gasteiger partial charge is 0.618 e. The van der Waals surface area contributed by atoms with Gasteiger partial charge in [0.25, 0.3) is 5.69 Å². The van der Waals surface area contributed by atoms with Crippen molar-refractivity contribution >= 4 is 5.97 Å². The lowest BCUT2D eigenvalue weighted by atomic mass is 10.1. The minimum atomic E-state index is -1.46. The van der Waals surface area contributed by atoms with E-state index < -0.39 is 29.0 Å². The molecule has 92 valence electrons. The van der Waals surface area contributed by atoms with Gasteiger partial charge < -0.3 is 10.3 Å². The summed E-state index contributed by atoms with van der Waals surface area (Å²) in [5.41, 5.74) is -0.947. The molecule has 4 nitrogen and oxygen atoms in total. The summed E-state index contributed by atoms with van der Waals surface area (Å²) in [6.07, 6.45) is 0. The van der Waals surface area contributed by atoms with Crippen LogP contribution in [0, 0.1) is 16.8 Å². The van der Waals surface area contributed by atoms with Crippen LogP contribution in [-0.2, 0) is 0 Å². The molecule has 2 rings (SSSR count). The van der Waals surface area contributed by atoms with Crippen LogP contribution in [-0.4, -0.2) is 11.1 Å². The monoisotopic (exact) mass is 251 g/mol. The van der Waals surface area contributed by atoms with E-state index in [1.807, 2.05) is 0 Å². The van der Waals surface area contributed by atoms with Gasteiger partial charge in [-0.25, -0.2) is 9.18 Å². The number of hydrogen-bond acceptors (Lipinski definition) is 2. The zero-order valence-electron chi connectivity index (χ0n) is 8.93. The van der Waals surface area contributed by atoms with E-state index in [9.17, 15) is 18.8 Å². The van der Waals surface area contributed by atoms with E-state index in [2.05, 4.69) is 0 Å². The molecule has 0 radical (unpaired) electrons. The zero-order valence-corrected chi connectivity index (χ0v) is 8.93. The lowest BCUT2D eigenvalue weighted by Crippen LogP contribution is -2.37. The molecule has 1 N–H and O–H groups in total. The standard InChI is InChI=1S/C12H7F2NO3/c13-8-3-1-7(2-4-8)11-9(14)5-6-10(12(16)17)15(11)18/h1-6H,(H,16,17). The molecule has 0 aliphatic rings. The third kappa shape index (κ3) is 2.00. The number of benzene rings is 1. The normalized spacial score (nSPS) is 10.3. The average molecular weight is 251 g/mol. The van der Waals surface area contributed by atoms with Gasteiger partial charge in [0, 0.05) is 6.07 Å². The predicted octanol–water partition coefficient (Wildman–Crippen LogP) is 1.96. The van der Waals surface area contributed by atoms with E-state index in [4.69, 9.17) is 5.11 Å². The Balaban J connectivity index is 2.66. The Hall–Kier alpha value is -2.50. The number of pyridine rings is 1. The maximum atomic E-state index is 13.6. The highest BCUT2D eigenvalue weighted by molar-refractivity contribution is 5.84. The third-order valence-corrected chi connectivity index (χ3v) is 2.37. The van der Waals surface area contributed by atoms with Crippen LogP contribution >= 0.6 is 0 Å². The summed E-state index contributed by atoms with van der Waals surface area (Å²) in [6, 6.07) is 6.28. The minimum Gasteiger partial charge on any atom is -0.618 e. The molecule has 0 amide bonds. The Morgan fingerprint density at radius 1 is 1.11 bits per heavy atom. The molecular weight excluding hydrogens is 244 g/mol. The van der Waals surface area contributed by atoms with Crippen molar-refractivity contribution in [1.29, 1.82) is 0 Å². The molecule has 0 unspecified atom stereocenters. The molecule has 1 aromatic heterocycles. The minimum absolute atomic E-state index is 0.0229. The molecule has 0 aliphatic carbocycles. The van der Waals surface area contributed by atoms with E-state index in [-0.39, 0.29) is 10.3 Å². The Kier molecular flexibility index (Phi) is 2.93. The van der Waals surface area contributed by atoms with Gasteiger partial charge in [0.2, 0.25) is 0 Å². The van der Waals surface area contributed by atoms with Gasteiger partial charge in [-0.2, -0.15) is 9.12 Å². The molecule has 0 aliphatic heterocycles. The van der Waals surface area contributed by atoms with Gasteiger partial charge in [0.05, 0.1) is 5.56 Å². The van der Waals surface area contributed by atoms with Gasteiger partial charge in [0.1, 0.15) is 5.82 Å². The topological polar surface area (TPSA) is 64.2 Å². The molecule has 18 heavy (non-hydrogen) atoms. The van der Waals surface area contributed by atoms with E-state index in [1.54, 1.807) is 0 Å². The van der Waals surface area contributed by atoms with E-state index in [1.165, 1.54) is 12.1 Å². The van der Waals surface area contributed by atoms with Gasteiger partial charge in [-0.15, -0.1) is 0 Å². The highest BCUT2D eigenvalue weighted by atomic mass is 19.1. The van der Waals surface area contributed by atoms with Crippen molar-refractivity contribution in [3.63, 3.8) is 0 Å². The first-order valence-corrected chi connectivity index (χ1v) is 4.92. The Labute approximate surface area is 100 Å². The molecule has 0 saturated carbocycles. The summed E-state index contributed by atoms with van der Waals surface area (Å²) < 4.78 is 26.3. The van der Waals surface area contributed by atoms with Crippen LogP contribution in [0.1, 0.15) is 10.5 Å². The number of aromatic nitrogens is 1. The Morgan fingerprint density at radius 2 is 1.72 bits per heavy atom. The van der Waals surface area contributed by atoms with Crippen molar-refractivity contribution in [1.82, 2.24) is 0 Å². The first kappa shape index (κ1) is 12.0. The SMILES string of the molecule is O=C(O)c1ccc(F)c(-c2ccc(F)cc2)[n+]1[O-]. The van der Waals surface area contributed by atoms with Gasteiger partial charge in [-0.1, -0.05) is 0 Å². The molecule has 0 fully saturated rings. The Morgan fingerprint density at radius 3 is 2.28 bits per heavy atom. The van der Waals surface area contributed by atoms with Crippen molar-refractivity contribution in [2.24, 2.45) is 0 Å². The molecule has 1 aromatic carbocycles. The van der Waals surface area contributed by atoms with Crippen molar-refractivity contribution in [3.8, 4) is 11.3 Å². The fourth-order valence-electron chi connectivity index (χ4n) is 1.54. The number of carbonyl (C=O) groups is 1. The summed E-state index contributed by atoms with van der Waals surface area (Å²) in [6.45, 7) is 0. The lowest BCUT2D eigenvalue weighted by molar-refractivity contribution is -0.598. The van der Waals surface area contributed by atoms with Gasteiger partial charge in [-0.3, -0.25) is 0 Å². The first-order chi connectivity index (χ1) is 8.50. The number of aromatic carboxylic acids is 1. The number of carboxylic acids is 1. The number of hydrogen-bond donors (Lipinski definition) is 1. The predicted molar refractivity (Wildman–Crippen MR) is 57.7 cm³/mol. The summed E-state index contributed by atoms with van der Waals surface area (Å²) in [4.78, 5) is 10.8. The fraction of sp³-hybridized carbons (Fsp3) is 0. The van der Waals surface area contributed by atoms with Gasteiger partial charge >= 0.3 is 11.7 Å². The molecule has 2 aromatic rings. The number of rotatable bonds is 2. The Bertz CT molecular complexity index is 611. The second-order valence-electron chi connectivity index (χ2n) is 3.52. The van der Waals surface area contributed by atoms with Crippen LogP contribution < -0.4 is 4.73 Å². The van der Waals surface area contributed by atoms with Gasteiger partial charge in [-0.05, 0) is 30.3 Å². The molecule has 1 heterocycles. The highest BCUT2D eigenvalue weighted by Crippen LogP contribution is 2.19. The average Bonchev–Trinajstić information content (AvgIpc) is 2.31. The van der Waals surface area contributed by atoms with Crippen LogP contribution in [0.5, 0.6) is 0 Å². The van der Waals surface area contributed by atoms with E-state index in [0.717, 1.165) is 24.3 Å². The summed E-state index contributed by atoms with van der Waals surface area (Å²) >= 11 is 0. The van der Waals surface area contributed by atoms with E-state index >= 15 is 0 Å². The highest BCUT2D eigenvalue weighted by Gasteiger charge is 2.23. The molecule has 0 bridgehead atoms. The second-order valence-corrected chi connectivity index (χ2v) is 3.52. The van der Waals surface area contributed by atoms with Gasteiger partial charge in [0.15, 0.2) is 5.82 Å². The molecule has 0 spiro atoms. The van der Waals surface area contributed by atoms with Crippen molar-refractivity contribution in [2.75, 3.05) is 0 Å². The number of nitrogens with zero attached hydrogens (tertiary/aromatic N) is 1. The van der Waals surface area contributed by atoms with Crippen LogP contribution in [0.15, 0.2) is 36.4 Å². The lowest BCUT2D eigenvalue weighted by Gasteiger charge is -2.07. The summed E-state index contributed by atoms with van der Waals surface area (Å²) in [5.74, 6) is -2.87. The van der Waals surface area contributed by atoms with Crippen molar-refractivity contribution in [2.45, 2.75) is 0 Å². The first-order valence-electron chi connectivity index (χ1n) is 4.92. The maximum Gasteiger partial charge on any atom is 0.402 e. The summed E-state index contributed by atoms with van der Waals surface area (Å²) in [5, 5.41) is 20.5. The van der Waals surface area contributed by atoms with E-state index in [0.29, 0.717) is 0 Å². The van der Waals surface area contributed by atoms with Crippen LogP contribution in [0.3, 0.4) is 0 Å². The smallest absolute Gasteiger partial charge is 0.402 e. The second kappa shape index (κ2) is 4.40. The zero-order chi connectivity index (χ0) is 13.3. The van der Waals surface area contributed by atoms with Crippen LogP contribution in [0.2, 0.25) is 0 Å². The van der Waals surface area contributed by atoms with Crippen LogP contribution in [0.25, 0.3) is 11.3 Å². The third-order valence-electron chi connectivity index (χ3n) is 2.37. The molecule has 0 saturated heterocycles. The quantitative estimate of drug-likeness (QED) is 0.655. The number of carboxylic acid groups (broad SMARTS) is 1. The summed E-state index contributed by atoms with van der Waals surface area (Å²) in [7, 11) is 0. The van der Waals surface area contributed by atoms with Crippen molar-refractivity contribution in [3.05, 3.63) is 58.9 Å². The van der Waals surface area contributed by atoms with Crippen molar-refractivity contribution < 1.29 is 23.4 Å².